The smallest absolute Gasteiger partial charge is 0.383 e. The van der Waals surface area contributed by atoms with Gasteiger partial charge in [0.2, 0.25) is 0 Å². The van der Waals surface area contributed by atoms with Crippen molar-refractivity contribution in [1.29, 1.82) is 0 Å². The molecule has 0 fully saturated rings. The largest absolute Gasteiger partial charge is 0.417 e. The molecule has 0 aromatic carbocycles. The number of hydrogen-bond acceptors (Lipinski definition) is 7. The summed E-state index contributed by atoms with van der Waals surface area (Å²) in [6.07, 6.45) is -0.963. The molecule has 0 radical (unpaired) electrons. The van der Waals surface area contributed by atoms with Crippen molar-refractivity contribution >= 4 is 42.3 Å². The number of hydrogen-bond donors (Lipinski definition) is 2. The molecule has 14 heteroatoms. The van der Waals surface area contributed by atoms with Gasteiger partial charge in [-0.1, -0.05) is 33.5 Å². The van der Waals surface area contributed by atoms with Crippen molar-refractivity contribution in [3.05, 3.63) is 42.0 Å². The van der Waals surface area contributed by atoms with Crippen LogP contribution in [-0.2, 0) is 33.8 Å². The Morgan fingerprint density at radius 1 is 1.12 bits per heavy atom. The third-order valence-electron chi connectivity index (χ3n) is 6.56. The van der Waals surface area contributed by atoms with E-state index < -0.39 is 37.7 Å². The van der Waals surface area contributed by atoms with E-state index >= 15 is 0 Å². The lowest BCUT2D eigenvalue weighted by molar-refractivity contribution is -0.145. The molecule has 40 heavy (non-hydrogen) atoms. The molecule has 3 aromatic rings. The highest BCUT2D eigenvalue weighted by molar-refractivity contribution is 6.76. The number of aromatic nitrogens is 4. The Kier molecular flexibility index (Phi) is 9.56. The van der Waals surface area contributed by atoms with E-state index in [-0.39, 0.29) is 36.4 Å². The van der Waals surface area contributed by atoms with Crippen molar-refractivity contribution in [2.24, 2.45) is 5.92 Å². The molecular weight excluding hydrogens is 543 g/mol. The quantitative estimate of drug-likeness (QED) is 0.202. The van der Waals surface area contributed by atoms with E-state index in [2.05, 4.69) is 40.0 Å². The van der Waals surface area contributed by atoms with Gasteiger partial charge in [0.05, 0.1) is 46.8 Å². The molecule has 3 rings (SSSR count). The first-order chi connectivity index (χ1) is 18.6. The summed E-state index contributed by atoms with van der Waals surface area (Å²) in [4.78, 5) is 35.8. The molecule has 0 saturated heterocycles. The zero-order valence-corrected chi connectivity index (χ0v) is 24.5. The van der Waals surface area contributed by atoms with Gasteiger partial charge in [0.15, 0.2) is 0 Å². The number of pyridine rings is 2. The zero-order valence-electron chi connectivity index (χ0n) is 23.5. The van der Waals surface area contributed by atoms with Crippen LogP contribution >= 0.6 is 0 Å². The number of carbonyl (C=O) groups excluding carboxylic acids is 2. The SMILES string of the molecule is CC(C)C(C)N(Cc1ccc(C(F)(F)F)cn1)C(=O)C(=O)Nc1cnc(N)c2cnn(COCC[Si](C)(C)C)c12. The van der Waals surface area contributed by atoms with Gasteiger partial charge in [-0.2, -0.15) is 18.3 Å². The van der Waals surface area contributed by atoms with Crippen molar-refractivity contribution in [1.82, 2.24) is 24.6 Å². The number of alkyl halides is 3. The van der Waals surface area contributed by atoms with Gasteiger partial charge in [-0.15, -0.1) is 0 Å². The summed E-state index contributed by atoms with van der Waals surface area (Å²) in [7, 11) is -1.29. The fourth-order valence-electron chi connectivity index (χ4n) is 3.77. The van der Waals surface area contributed by atoms with E-state index in [0.29, 0.717) is 23.7 Å². The predicted octanol–water partition coefficient (Wildman–Crippen LogP) is 4.75. The number of nitrogens with one attached hydrogen (secondary N) is 1. The number of fused-ring (bicyclic) bond motifs is 1. The van der Waals surface area contributed by atoms with E-state index in [1.165, 1.54) is 28.0 Å². The van der Waals surface area contributed by atoms with Gasteiger partial charge in [-0.05, 0) is 31.0 Å². The third kappa shape index (κ3) is 7.78. The molecular formula is C26H36F3N7O3Si. The van der Waals surface area contributed by atoms with E-state index in [9.17, 15) is 22.8 Å². The van der Waals surface area contributed by atoms with Crippen LogP contribution < -0.4 is 11.1 Å². The second-order valence-corrected chi connectivity index (χ2v) is 16.8. The molecule has 0 aliphatic carbocycles. The van der Waals surface area contributed by atoms with E-state index in [1.807, 2.05) is 13.8 Å². The Balaban J connectivity index is 1.83. The Hall–Kier alpha value is -3.52. The van der Waals surface area contributed by atoms with Gasteiger partial charge in [0.25, 0.3) is 0 Å². The molecule has 218 valence electrons. The van der Waals surface area contributed by atoms with E-state index in [1.54, 1.807) is 6.92 Å². The minimum atomic E-state index is -4.53. The van der Waals surface area contributed by atoms with Crippen LogP contribution in [0, 0.1) is 5.92 Å². The van der Waals surface area contributed by atoms with Crippen molar-refractivity contribution in [3.8, 4) is 0 Å². The minimum Gasteiger partial charge on any atom is -0.383 e. The minimum absolute atomic E-state index is 0.0502. The first kappa shape index (κ1) is 31.0. The summed E-state index contributed by atoms with van der Waals surface area (Å²) in [5.74, 6) is -1.66. The lowest BCUT2D eigenvalue weighted by Gasteiger charge is -2.31. The van der Waals surface area contributed by atoms with Crippen LogP contribution in [-0.4, -0.2) is 57.2 Å². The first-order valence-electron chi connectivity index (χ1n) is 12.9. The lowest BCUT2D eigenvalue weighted by Crippen LogP contribution is -2.46. The maximum atomic E-state index is 13.4. The van der Waals surface area contributed by atoms with Crippen molar-refractivity contribution in [3.63, 3.8) is 0 Å². The van der Waals surface area contributed by atoms with Gasteiger partial charge in [0.1, 0.15) is 12.5 Å². The number of carbonyl (C=O) groups is 2. The average molecular weight is 580 g/mol. The highest BCUT2D eigenvalue weighted by atomic mass is 28.3. The summed E-state index contributed by atoms with van der Waals surface area (Å²) >= 11 is 0. The average Bonchev–Trinajstić information content (AvgIpc) is 3.30. The molecule has 3 N–H and O–H groups in total. The molecule has 10 nitrogen and oxygen atoms in total. The van der Waals surface area contributed by atoms with Crippen LogP contribution in [0.4, 0.5) is 24.7 Å². The lowest BCUT2D eigenvalue weighted by atomic mass is 10.0. The highest BCUT2D eigenvalue weighted by Crippen LogP contribution is 2.29. The van der Waals surface area contributed by atoms with E-state index in [0.717, 1.165) is 12.1 Å². The van der Waals surface area contributed by atoms with Gasteiger partial charge < -0.3 is 20.7 Å². The van der Waals surface area contributed by atoms with Gasteiger partial charge >= 0.3 is 18.0 Å². The summed E-state index contributed by atoms with van der Waals surface area (Å²) in [5.41, 5.74) is 6.01. The third-order valence-corrected chi connectivity index (χ3v) is 8.26. The van der Waals surface area contributed by atoms with Crippen molar-refractivity contribution in [2.45, 2.75) is 72.0 Å². The number of rotatable bonds is 10. The van der Waals surface area contributed by atoms with Crippen molar-refractivity contribution < 1.29 is 27.5 Å². The Labute approximate surface area is 232 Å². The van der Waals surface area contributed by atoms with Crippen LogP contribution in [0.5, 0.6) is 0 Å². The van der Waals surface area contributed by atoms with Crippen LogP contribution in [0.1, 0.15) is 32.0 Å². The molecule has 0 spiro atoms. The molecule has 3 heterocycles. The fraction of sp³-hybridized carbons (Fsp3) is 0.500. The predicted molar refractivity (Wildman–Crippen MR) is 149 cm³/mol. The molecule has 3 aromatic heterocycles. The zero-order chi connectivity index (χ0) is 29.8. The molecule has 1 atom stereocenters. The van der Waals surface area contributed by atoms with Gasteiger partial charge in [-0.25, -0.2) is 9.67 Å². The van der Waals surface area contributed by atoms with Crippen LogP contribution in [0.2, 0.25) is 25.7 Å². The van der Waals surface area contributed by atoms with Gasteiger partial charge in [-0.3, -0.25) is 14.6 Å². The Morgan fingerprint density at radius 3 is 2.40 bits per heavy atom. The standard InChI is InChI=1S/C26H36F3N7O3Si/c1-16(2)17(3)35(14-19-8-7-18(11-31-19)26(27,28)29)25(38)24(37)34-21-13-32-23(30)20-12-33-36(22(20)21)15-39-9-10-40(4,5)6/h7-8,11-13,16-17H,9-10,14-15H2,1-6H3,(H2,30,32)(H,34,37). The normalized spacial score (nSPS) is 13.1. The topological polar surface area (TPSA) is 128 Å². The molecule has 1 unspecified atom stereocenters. The Morgan fingerprint density at radius 2 is 1.82 bits per heavy atom. The molecule has 0 bridgehead atoms. The fourth-order valence-corrected chi connectivity index (χ4v) is 4.52. The number of halogens is 3. The number of amides is 2. The Bertz CT molecular complexity index is 1340. The van der Waals surface area contributed by atoms with Crippen LogP contribution in [0.3, 0.4) is 0 Å². The summed E-state index contributed by atoms with van der Waals surface area (Å²) < 4.78 is 46.2. The molecule has 0 aliphatic rings. The van der Waals surface area contributed by atoms with Gasteiger partial charge in [0, 0.05) is 26.9 Å². The van der Waals surface area contributed by atoms with E-state index in [4.69, 9.17) is 10.5 Å². The number of anilines is 2. The number of nitrogens with two attached hydrogens (primary N) is 1. The molecule has 2 amide bonds. The monoisotopic (exact) mass is 579 g/mol. The maximum absolute atomic E-state index is 13.4. The maximum Gasteiger partial charge on any atom is 0.417 e. The number of ether oxygens (including phenoxy) is 1. The highest BCUT2D eigenvalue weighted by Gasteiger charge is 2.32. The number of nitrogen functional groups attached to an aromatic ring is 1. The first-order valence-corrected chi connectivity index (χ1v) is 16.6. The molecule has 0 aliphatic heterocycles. The second-order valence-electron chi connectivity index (χ2n) is 11.2. The van der Waals surface area contributed by atoms with Crippen LogP contribution in [0.15, 0.2) is 30.7 Å². The number of nitrogens with zero attached hydrogens (tertiary/aromatic N) is 5. The summed E-state index contributed by atoms with van der Waals surface area (Å²) in [6.45, 7) is 12.8. The summed E-state index contributed by atoms with van der Waals surface area (Å²) in [6, 6.07) is 2.64. The van der Waals surface area contributed by atoms with Crippen LogP contribution in [0.25, 0.3) is 10.9 Å². The second kappa shape index (κ2) is 12.3. The summed E-state index contributed by atoms with van der Waals surface area (Å²) in [5, 5.41) is 7.42. The van der Waals surface area contributed by atoms with Crippen molar-refractivity contribution in [2.75, 3.05) is 17.7 Å². The molecule has 0 saturated carbocycles.